The Labute approximate surface area is 217 Å². The Hall–Kier alpha value is -1.43. The summed E-state index contributed by atoms with van der Waals surface area (Å²) >= 11 is 0. The van der Waals surface area contributed by atoms with E-state index in [1.54, 1.807) is 60.0 Å². The van der Waals surface area contributed by atoms with Crippen LogP contribution in [-0.4, -0.2) is 69.8 Å². The van der Waals surface area contributed by atoms with Gasteiger partial charge in [-0.2, -0.15) is 0 Å². The number of aromatic amines is 1. The maximum atomic E-state index is 13.2. The zero-order chi connectivity index (χ0) is 27.8. The molecule has 0 aliphatic carbocycles. The normalized spacial score (nSPS) is 13.3. The number of ether oxygens (including phenoxy) is 2. The lowest BCUT2D eigenvalue weighted by molar-refractivity contribution is 0.0474. The molecule has 1 N–H and O–H groups in total. The van der Waals surface area contributed by atoms with E-state index in [4.69, 9.17) is 27.6 Å². The summed E-state index contributed by atoms with van der Waals surface area (Å²) in [5.41, 5.74) is 0.0483. The molecule has 0 aliphatic heterocycles. The molecule has 2 heterocycles. The van der Waals surface area contributed by atoms with Crippen LogP contribution in [0.1, 0.15) is 61.4 Å². The minimum absolute atomic E-state index is 0.0206. The summed E-state index contributed by atoms with van der Waals surface area (Å²) in [6.07, 6.45) is 0.762. The van der Waals surface area contributed by atoms with Gasteiger partial charge in [-0.05, 0) is 55.4 Å². The monoisotopic (exact) mass is 566 g/mol. The third-order valence-corrected chi connectivity index (χ3v) is 8.33. The third kappa shape index (κ3) is 10.3. The first kappa shape index (κ1) is 31.8. The number of imidazole rings is 1. The summed E-state index contributed by atoms with van der Waals surface area (Å²) in [5, 5.41) is 0. The molecule has 0 fully saturated rings. The van der Waals surface area contributed by atoms with Gasteiger partial charge >= 0.3 is 15.2 Å². The molecule has 0 atom stereocenters. The summed E-state index contributed by atoms with van der Waals surface area (Å²) in [4.78, 5) is 23.0. The number of H-pyrrole nitrogens is 1. The quantitative estimate of drug-likeness (QED) is 0.265. The van der Waals surface area contributed by atoms with Gasteiger partial charge in [0.05, 0.1) is 56.3 Å². The van der Waals surface area contributed by atoms with E-state index in [0.717, 1.165) is 0 Å². The molecule has 0 saturated heterocycles. The Morgan fingerprint density at radius 3 is 1.62 bits per heavy atom. The first-order chi connectivity index (χ1) is 17.2. The molecule has 0 radical (unpaired) electrons. The van der Waals surface area contributed by atoms with Crippen LogP contribution in [0.5, 0.6) is 0 Å². The molecule has 0 saturated carbocycles. The molecule has 13 nitrogen and oxygen atoms in total. The van der Waals surface area contributed by atoms with Crippen LogP contribution >= 0.6 is 15.2 Å². The molecule has 212 valence electrons. The minimum Gasteiger partial charge on any atom is -0.367 e. The Kier molecular flexibility index (Phi) is 12.1. The maximum Gasteiger partial charge on any atom is 0.356 e. The fourth-order valence-electron chi connectivity index (χ4n) is 3.40. The Morgan fingerprint density at radius 2 is 1.22 bits per heavy atom. The van der Waals surface area contributed by atoms with Crippen LogP contribution in [0.3, 0.4) is 0 Å². The molecule has 2 aromatic heterocycles. The van der Waals surface area contributed by atoms with Crippen molar-refractivity contribution in [3.05, 3.63) is 23.0 Å². The maximum absolute atomic E-state index is 13.2. The molecule has 0 unspecified atom stereocenters. The molecule has 37 heavy (non-hydrogen) atoms. The third-order valence-electron chi connectivity index (χ3n) is 4.36. The largest absolute Gasteiger partial charge is 0.367 e. The van der Waals surface area contributed by atoms with Crippen molar-refractivity contribution in [3.63, 3.8) is 0 Å². The fraction of sp³-hybridized carbons (Fsp3) is 0.773. The molecule has 2 rings (SSSR count). The van der Waals surface area contributed by atoms with Crippen molar-refractivity contribution in [2.45, 2.75) is 85.8 Å². The molecule has 0 bridgehead atoms. The molecule has 0 aliphatic rings. The van der Waals surface area contributed by atoms with E-state index in [9.17, 15) is 13.9 Å². The second-order valence-corrected chi connectivity index (χ2v) is 13.4. The van der Waals surface area contributed by atoms with E-state index >= 15 is 0 Å². The molecular weight excluding hydrogens is 526 g/mol. The highest BCUT2D eigenvalue weighted by Gasteiger charge is 2.31. The number of nitrogens with one attached hydrogen (secondary N) is 1. The van der Waals surface area contributed by atoms with Gasteiger partial charge in [0.1, 0.15) is 12.7 Å². The summed E-state index contributed by atoms with van der Waals surface area (Å²) < 4.78 is 61.7. The van der Waals surface area contributed by atoms with E-state index in [-0.39, 0.29) is 55.8 Å². The van der Waals surface area contributed by atoms with E-state index in [1.165, 1.54) is 12.7 Å². The second kappa shape index (κ2) is 14.1. The van der Waals surface area contributed by atoms with E-state index in [0.29, 0.717) is 5.65 Å². The van der Waals surface area contributed by atoms with Gasteiger partial charge in [0.2, 0.25) is 0 Å². The van der Waals surface area contributed by atoms with Gasteiger partial charge in [0.15, 0.2) is 11.2 Å². The average Bonchev–Trinajstić information content (AvgIpc) is 3.15. The molecule has 15 heteroatoms. The standard InChI is InChI=1S/C22H40N4O9P2/c1-15(2)32-36(28,33-16(3)4)13-30-9-19(26-12-25-20-21(26)23-11-24-22(20)27)10-31-14-37(29,34-17(5)6)35-18(7)8/h11-12,15-19H,9-10,13-14H2,1-8H3,(H,23,24,27). The van der Waals surface area contributed by atoms with Crippen LogP contribution < -0.4 is 5.56 Å². The van der Waals surface area contributed by atoms with E-state index < -0.39 is 26.8 Å². The van der Waals surface area contributed by atoms with Crippen LogP contribution in [0, 0.1) is 0 Å². The number of hydrogen-bond donors (Lipinski definition) is 1. The van der Waals surface area contributed by atoms with Crippen LogP contribution in [0.25, 0.3) is 11.2 Å². The Morgan fingerprint density at radius 1 is 0.784 bits per heavy atom. The molecule has 0 aromatic carbocycles. The smallest absolute Gasteiger partial charge is 0.356 e. The average molecular weight is 567 g/mol. The van der Waals surface area contributed by atoms with Crippen molar-refractivity contribution in [3.8, 4) is 0 Å². The zero-order valence-electron chi connectivity index (χ0n) is 22.8. The molecule has 0 spiro atoms. The van der Waals surface area contributed by atoms with E-state index in [2.05, 4.69) is 15.0 Å². The number of aromatic nitrogens is 4. The lowest BCUT2D eigenvalue weighted by Gasteiger charge is -2.25. The SMILES string of the molecule is CC(C)OP(=O)(COCC(COCP(=O)(OC(C)C)OC(C)C)n1cnc2c(=O)[nH]cnc21)OC(C)C. The van der Waals surface area contributed by atoms with E-state index in [1.807, 2.05) is 0 Å². The fourth-order valence-corrected chi connectivity index (χ4v) is 6.97. The van der Waals surface area contributed by atoms with Crippen LogP contribution in [0.15, 0.2) is 17.4 Å². The van der Waals surface area contributed by atoms with Gasteiger partial charge < -0.3 is 37.1 Å². The molecule has 2 aromatic rings. The lowest BCUT2D eigenvalue weighted by atomic mass is 10.3. The van der Waals surface area contributed by atoms with Crippen molar-refractivity contribution < 1.29 is 36.7 Å². The first-order valence-electron chi connectivity index (χ1n) is 12.2. The zero-order valence-corrected chi connectivity index (χ0v) is 24.6. The van der Waals surface area contributed by atoms with Crippen LogP contribution in [0.2, 0.25) is 0 Å². The Balaban J connectivity index is 2.23. The summed E-state index contributed by atoms with van der Waals surface area (Å²) in [5.74, 6) is 0. The van der Waals surface area contributed by atoms with Crippen molar-refractivity contribution >= 4 is 26.4 Å². The predicted molar refractivity (Wildman–Crippen MR) is 139 cm³/mol. The molecule has 0 amide bonds. The summed E-state index contributed by atoms with van der Waals surface area (Å²) in [6, 6.07) is -0.586. The lowest BCUT2D eigenvalue weighted by Crippen LogP contribution is -2.23. The first-order valence-corrected chi connectivity index (χ1v) is 15.7. The highest BCUT2D eigenvalue weighted by molar-refractivity contribution is 7.53. The highest BCUT2D eigenvalue weighted by atomic mass is 31.2. The van der Waals surface area contributed by atoms with Gasteiger partial charge in [-0.1, -0.05) is 0 Å². The Bertz CT molecular complexity index is 1060. The summed E-state index contributed by atoms with van der Waals surface area (Å²) in [6.45, 7) is 14.0. The van der Waals surface area contributed by atoms with Gasteiger partial charge in [-0.25, -0.2) is 9.97 Å². The summed E-state index contributed by atoms with van der Waals surface area (Å²) in [7, 11) is -7.10. The highest BCUT2D eigenvalue weighted by Crippen LogP contribution is 2.51. The number of nitrogens with zero attached hydrogens (tertiary/aromatic N) is 3. The van der Waals surface area contributed by atoms with Gasteiger partial charge in [0.25, 0.3) is 5.56 Å². The number of hydrogen-bond acceptors (Lipinski definition) is 11. The van der Waals surface area contributed by atoms with Crippen molar-refractivity contribution in [1.29, 1.82) is 0 Å². The van der Waals surface area contributed by atoms with Gasteiger partial charge in [0, 0.05) is 0 Å². The molecular formula is C22H40N4O9P2. The van der Waals surface area contributed by atoms with Gasteiger partial charge in [-0.15, -0.1) is 0 Å². The van der Waals surface area contributed by atoms with Crippen LogP contribution in [0.4, 0.5) is 0 Å². The van der Waals surface area contributed by atoms with Gasteiger partial charge in [-0.3, -0.25) is 13.9 Å². The minimum atomic E-state index is -3.55. The second-order valence-electron chi connectivity index (χ2n) is 9.55. The number of rotatable bonds is 17. The van der Waals surface area contributed by atoms with Crippen molar-refractivity contribution in [2.24, 2.45) is 0 Å². The number of fused-ring (bicyclic) bond motifs is 1. The predicted octanol–water partition coefficient (Wildman–Crippen LogP) is 4.70. The van der Waals surface area contributed by atoms with Crippen LogP contribution in [-0.2, 0) is 36.7 Å². The van der Waals surface area contributed by atoms with Crippen molar-refractivity contribution in [1.82, 2.24) is 19.5 Å². The topological polar surface area (TPSA) is 153 Å². The van der Waals surface area contributed by atoms with Crippen molar-refractivity contribution in [2.75, 3.05) is 25.9 Å².